The number of nitrogens with zero attached hydrogens (tertiary/aromatic N) is 1. The fraction of sp³-hybridized carbons (Fsp3) is 0.875. The Hall–Kier alpha value is -1.10. The first-order valence-electron chi connectivity index (χ1n) is 7.92. The van der Waals surface area contributed by atoms with Gasteiger partial charge in [-0.25, -0.2) is 4.79 Å². The van der Waals surface area contributed by atoms with Crippen LogP contribution in [0.15, 0.2) is 0 Å². The Balaban J connectivity index is 2.65. The van der Waals surface area contributed by atoms with Crippen molar-refractivity contribution in [1.29, 1.82) is 0 Å². The van der Waals surface area contributed by atoms with Crippen molar-refractivity contribution >= 4 is 11.9 Å². The molecule has 3 unspecified atom stereocenters. The van der Waals surface area contributed by atoms with Gasteiger partial charge in [0.05, 0.1) is 0 Å². The number of piperidine rings is 1. The SMILES string of the molecule is CCC1CCN(C(=O)CC(N)CC(C)(C)C)C(C(=O)O)C1. The number of carboxylic acids is 1. The minimum absolute atomic E-state index is 0.0705. The molecule has 1 aliphatic rings. The fourth-order valence-electron chi connectivity index (χ4n) is 3.14. The number of hydrogen-bond donors (Lipinski definition) is 2. The second-order valence-corrected chi connectivity index (χ2v) is 7.47. The molecule has 3 N–H and O–H groups in total. The number of hydrogen-bond acceptors (Lipinski definition) is 3. The Morgan fingerprint density at radius 3 is 2.48 bits per heavy atom. The number of likely N-dealkylation sites (tertiary alicyclic amines) is 1. The van der Waals surface area contributed by atoms with Crippen LogP contribution in [0.25, 0.3) is 0 Å². The maximum atomic E-state index is 12.4. The maximum absolute atomic E-state index is 12.4. The van der Waals surface area contributed by atoms with E-state index in [0.29, 0.717) is 18.9 Å². The van der Waals surface area contributed by atoms with Crippen LogP contribution in [0.5, 0.6) is 0 Å². The van der Waals surface area contributed by atoms with Crippen molar-refractivity contribution in [3.63, 3.8) is 0 Å². The lowest BCUT2D eigenvalue weighted by atomic mass is 9.86. The van der Waals surface area contributed by atoms with E-state index in [1.54, 1.807) is 0 Å². The van der Waals surface area contributed by atoms with Gasteiger partial charge in [0.15, 0.2) is 0 Å². The van der Waals surface area contributed by atoms with Crippen LogP contribution in [0.1, 0.15) is 59.8 Å². The summed E-state index contributed by atoms with van der Waals surface area (Å²) >= 11 is 0. The summed E-state index contributed by atoms with van der Waals surface area (Å²) in [5.41, 5.74) is 6.12. The van der Waals surface area contributed by atoms with Gasteiger partial charge in [0.2, 0.25) is 5.91 Å². The first-order valence-corrected chi connectivity index (χ1v) is 7.92. The summed E-state index contributed by atoms with van der Waals surface area (Å²) in [5.74, 6) is -0.613. The van der Waals surface area contributed by atoms with E-state index in [1.165, 1.54) is 4.90 Å². The van der Waals surface area contributed by atoms with Crippen molar-refractivity contribution < 1.29 is 14.7 Å². The Bertz CT molecular complexity index is 376. The third-order valence-corrected chi connectivity index (χ3v) is 4.21. The molecule has 0 aromatic heterocycles. The number of carbonyl (C=O) groups excluding carboxylic acids is 1. The Morgan fingerprint density at radius 1 is 1.38 bits per heavy atom. The molecule has 0 saturated carbocycles. The molecule has 0 bridgehead atoms. The summed E-state index contributed by atoms with van der Waals surface area (Å²) in [7, 11) is 0. The molecular weight excluding hydrogens is 268 g/mol. The van der Waals surface area contributed by atoms with Gasteiger partial charge in [-0.3, -0.25) is 4.79 Å². The third-order valence-electron chi connectivity index (χ3n) is 4.21. The highest BCUT2D eigenvalue weighted by Crippen LogP contribution is 2.27. The standard InChI is InChI=1S/C16H30N2O3/c1-5-11-6-7-18(13(8-11)15(20)21)14(19)9-12(17)10-16(2,3)4/h11-13H,5-10,17H2,1-4H3,(H,20,21). The fourth-order valence-corrected chi connectivity index (χ4v) is 3.14. The topological polar surface area (TPSA) is 83.6 Å². The number of carboxylic acid groups (broad SMARTS) is 1. The lowest BCUT2D eigenvalue weighted by molar-refractivity contribution is -0.153. The van der Waals surface area contributed by atoms with Crippen molar-refractivity contribution in [1.82, 2.24) is 4.90 Å². The molecule has 0 aliphatic carbocycles. The summed E-state index contributed by atoms with van der Waals surface area (Å²) in [5, 5.41) is 9.37. The molecule has 122 valence electrons. The van der Waals surface area contributed by atoms with E-state index in [1.807, 2.05) is 0 Å². The molecule has 0 aromatic rings. The van der Waals surface area contributed by atoms with Gasteiger partial charge in [-0.1, -0.05) is 34.1 Å². The van der Waals surface area contributed by atoms with Crippen molar-refractivity contribution in [2.24, 2.45) is 17.1 Å². The molecule has 21 heavy (non-hydrogen) atoms. The summed E-state index contributed by atoms with van der Waals surface area (Å²) in [4.78, 5) is 25.3. The number of aliphatic carboxylic acids is 1. The average Bonchev–Trinajstić information content (AvgIpc) is 2.35. The highest BCUT2D eigenvalue weighted by molar-refractivity contribution is 5.84. The zero-order chi connectivity index (χ0) is 16.2. The second-order valence-electron chi connectivity index (χ2n) is 7.47. The minimum atomic E-state index is -0.897. The highest BCUT2D eigenvalue weighted by atomic mass is 16.4. The van der Waals surface area contributed by atoms with Crippen LogP contribution in [-0.4, -0.2) is 40.5 Å². The van der Waals surface area contributed by atoms with E-state index >= 15 is 0 Å². The van der Waals surface area contributed by atoms with Crippen LogP contribution >= 0.6 is 0 Å². The Kier molecular flexibility index (Phi) is 6.20. The van der Waals surface area contributed by atoms with Crippen molar-refractivity contribution in [2.75, 3.05) is 6.54 Å². The van der Waals surface area contributed by atoms with E-state index in [9.17, 15) is 14.7 Å². The normalized spacial score (nSPS) is 24.7. The van der Waals surface area contributed by atoms with Gasteiger partial charge in [0.25, 0.3) is 0 Å². The van der Waals surface area contributed by atoms with Crippen LogP contribution in [-0.2, 0) is 9.59 Å². The molecule has 1 fully saturated rings. The average molecular weight is 298 g/mol. The van der Waals surface area contributed by atoms with E-state index in [4.69, 9.17) is 5.73 Å². The number of rotatable bonds is 5. The zero-order valence-electron chi connectivity index (χ0n) is 13.8. The predicted octanol–water partition coefficient (Wildman–Crippen LogP) is 2.24. The molecule has 1 heterocycles. The molecule has 1 amide bonds. The summed E-state index contributed by atoms with van der Waals surface area (Å²) in [6.07, 6.45) is 3.40. The predicted molar refractivity (Wildman–Crippen MR) is 82.8 cm³/mol. The molecule has 0 spiro atoms. The minimum Gasteiger partial charge on any atom is -0.480 e. The van der Waals surface area contributed by atoms with E-state index in [2.05, 4.69) is 27.7 Å². The molecule has 3 atom stereocenters. The molecule has 0 aromatic carbocycles. The van der Waals surface area contributed by atoms with Gasteiger partial charge in [-0.05, 0) is 30.6 Å². The highest BCUT2D eigenvalue weighted by Gasteiger charge is 2.36. The Labute approximate surface area is 127 Å². The quantitative estimate of drug-likeness (QED) is 0.815. The van der Waals surface area contributed by atoms with Gasteiger partial charge in [-0.2, -0.15) is 0 Å². The second kappa shape index (κ2) is 7.25. The molecule has 1 aliphatic heterocycles. The van der Waals surface area contributed by atoms with Gasteiger partial charge in [-0.15, -0.1) is 0 Å². The van der Waals surface area contributed by atoms with Crippen molar-refractivity contribution in [2.45, 2.75) is 71.9 Å². The smallest absolute Gasteiger partial charge is 0.326 e. The third kappa shape index (κ3) is 5.65. The zero-order valence-corrected chi connectivity index (χ0v) is 13.8. The van der Waals surface area contributed by atoms with Crippen LogP contribution in [0.3, 0.4) is 0 Å². The monoisotopic (exact) mass is 298 g/mol. The number of nitrogens with two attached hydrogens (primary N) is 1. The van der Waals surface area contributed by atoms with Crippen molar-refractivity contribution in [3.8, 4) is 0 Å². The van der Waals surface area contributed by atoms with Crippen LogP contribution in [0.2, 0.25) is 0 Å². The lowest BCUT2D eigenvalue weighted by Gasteiger charge is -2.37. The van der Waals surface area contributed by atoms with Gasteiger partial charge >= 0.3 is 5.97 Å². The van der Waals surface area contributed by atoms with Gasteiger partial charge in [0.1, 0.15) is 6.04 Å². The molecular formula is C16H30N2O3. The van der Waals surface area contributed by atoms with Crippen LogP contribution in [0.4, 0.5) is 0 Å². The largest absolute Gasteiger partial charge is 0.480 e. The summed E-state index contributed by atoms with van der Waals surface area (Å²) in [6, 6.07) is -0.895. The van der Waals surface area contributed by atoms with E-state index in [0.717, 1.165) is 19.3 Å². The molecule has 5 nitrogen and oxygen atoms in total. The lowest BCUT2D eigenvalue weighted by Crippen LogP contribution is -2.51. The Morgan fingerprint density at radius 2 is 2.00 bits per heavy atom. The van der Waals surface area contributed by atoms with E-state index in [-0.39, 0.29) is 23.8 Å². The number of amides is 1. The molecule has 1 rings (SSSR count). The molecule has 5 heteroatoms. The molecule has 1 saturated heterocycles. The first kappa shape index (κ1) is 18.0. The van der Waals surface area contributed by atoms with Crippen LogP contribution in [0, 0.1) is 11.3 Å². The summed E-state index contributed by atoms with van der Waals surface area (Å²) in [6.45, 7) is 8.87. The summed E-state index contributed by atoms with van der Waals surface area (Å²) < 4.78 is 0. The van der Waals surface area contributed by atoms with E-state index < -0.39 is 12.0 Å². The van der Waals surface area contributed by atoms with Gasteiger partial charge in [0, 0.05) is 19.0 Å². The maximum Gasteiger partial charge on any atom is 0.326 e. The van der Waals surface area contributed by atoms with Gasteiger partial charge < -0.3 is 15.7 Å². The van der Waals surface area contributed by atoms with Crippen LogP contribution < -0.4 is 5.73 Å². The molecule has 0 radical (unpaired) electrons. The van der Waals surface area contributed by atoms with Crippen molar-refractivity contribution in [3.05, 3.63) is 0 Å². The number of carbonyl (C=O) groups is 2. The first-order chi connectivity index (χ1) is 9.64.